The molecule has 2 aromatic rings. The van der Waals surface area contributed by atoms with Crippen molar-refractivity contribution in [2.45, 2.75) is 25.4 Å². The smallest absolute Gasteiger partial charge is 0.227 e. The SMILES string of the molecule is O=C(C1CN2CCC1CC2Cn1cc(-c2ccccn2)nn1)N1CCOCC1. The number of piperidine rings is 3. The summed E-state index contributed by atoms with van der Waals surface area (Å²) in [6.07, 6.45) is 5.92. The van der Waals surface area contributed by atoms with Gasteiger partial charge in [-0.3, -0.25) is 19.4 Å². The Morgan fingerprint density at radius 3 is 2.82 bits per heavy atom. The van der Waals surface area contributed by atoms with E-state index in [2.05, 4.69) is 20.2 Å². The Hall–Kier alpha value is -2.32. The van der Waals surface area contributed by atoms with E-state index in [1.807, 2.05) is 34.0 Å². The van der Waals surface area contributed by atoms with Crippen molar-refractivity contribution in [2.75, 3.05) is 39.4 Å². The number of rotatable bonds is 4. The minimum atomic E-state index is 0.142. The third kappa shape index (κ3) is 3.42. The van der Waals surface area contributed by atoms with Crippen molar-refractivity contribution >= 4 is 5.91 Å². The molecule has 2 bridgehead atoms. The Bertz CT molecular complexity index is 819. The van der Waals surface area contributed by atoms with E-state index in [1.165, 1.54) is 0 Å². The lowest BCUT2D eigenvalue weighted by Crippen LogP contribution is -2.59. The maximum Gasteiger partial charge on any atom is 0.227 e. The molecule has 0 aromatic carbocycles. The van der Waals surface area contributed by atoms with Gasteiger partial charge < -0.3 is 9.64 Å². The molecule has 8 heteroatoms. The molecule has 4 aliphatic heterocycles. The summed E-state index contributed by atoms with van der Waals surface area (Å²) in [5, 5.41) is 8.59. The lowest BCUT2D eigenvalue weighted by molar-refractivity contribution is -0.148. The summed E-state index contributed by atoms with van der Waals surface area (Å²) < 4.78 is 7.32. The average molecular weight is 382 g/mol. The number of nitrogens with zero attached hydrogens (tertiary/aromatic N) is 6. The van der Waals surface area contributed by atoms with Gasteiger partial charge in [0, 0.05) is 31.9 Å². The average Bonchev–Trinajstić information content (AvgIpc) is 3.23. The van der Waals surface area contributed by atoms with Gasteiger partial charge in [0.2, 0.25) is 5.91 Å². The zero-order valence-electron chi connectivity index (χ0n) is 16.0. The van der Waals surface area contributed by atoms with Crippen molar-refractivity contribution in [3.05, 3.63) is 30.6 Å². The maximum absolute atomic E-state index is 13.0. The van der Waals surface area contributed by atoms with Crippen LogP contribution >= 0.6 is 0 Å². The van der Waals surface area contributed by atoms with Crippen LogP contribution in [0.4, 0.5) is 0 Å². The third-order valence-electron chi connectivity index (χ3n) is 6.38. The molecule has 2 aromatic heterocycles. The number of aromatic nitrogens is 4. The second-order valence-corrected chi connectivity index (χ2v) is 8.02. The van der Waals surface area contributed by atoms with Crippen LogP contribution in [0.5, 0.6) is 0 Å². The van der Waals surface area contributed by atoms with Gasteiger partial charge in [-0.1, -0.05) is 11.3 Å². The van der Waals surface area contributed by atoms with E-state index in [9.17, 15) is 4.79 Å². The summed E-state index contributed by atoms with van der Waals surface area (Å²) in [5.41, 5.74) is 1.65. The van der Waals surface area contributed by atoms with E-state index >= 15 is 0 Å². The number of hydrogen-bond donors (Lipinski definition) is 0. The lowest BCUT2D eigenvalue weighted by Gasteiger charge is -2.50. The predicted octanol–water partition coefficient (Wildman–Crippen LogP) is 0.909. The van der Waals surface area contributed by atoms with Crippen LogP contribution in [0.3, 0.4) is 0 Å². The number of fused-ring (bicyclic) bond motifs is 3. The summed E-state index contributed by atoms with van der Waals surface area (Å²) in [5.74, 6) is 0.946. The molecule has 4 atom stereocenters. The number of ether oxygens (including phenoxy) is 1. The zero-order valence-corrected chi connectivity index (χ0v) is 16.0. The van der Waals surface area contributed by atoms with E-state index in [0.29, 0.717) is 31.1 Å². The van der Waals surface area contributed by atoms with Crippen molar-refractivity contribution in [3.8, 4) is 11.4 Å². The minimum absolute atomic E-state index is 0.142. The quantitative estimate of drug-likeness (QED) is 0.782. The van der Waals surface area contributed by atoms with Crippen molar-refractivity contribution < 1.29 is 9.53 Å². The number of hydrogen-bond acceptors (Lipinski definition) is 6. The Balaban J connectivity index is 1.23. The van der Waals surface area contributed by atoms with Crippen LogP contribution in [0.25, 0.3) is 11.4 Å². The van der Waals surface area contributed by atoms with Crippen LogP contribution in [-0.2, 0) is 16.1 Å². The van der Waals surface area contributed by atoms with Gasteiger partial charge in [0.15, 0.2) is 0 Å². The largest absolute Gasteiger partial charge is 0.378 e. The first-order chi connectivity index (χ1) is 13.8. The molecule has 0 N–H and O–H groups in total. The van der Waals surface area contributed by atoms with E-state index < -0.39 is 0 Å². The van der Waals surface area contributed by atoms with E-state index in [1.54, 1.807) is 6.20 Å². The Morgan fingerprint density at radius 1 is 1.18 bits per heavy atom. The van der Waals surface area contributed by atoms with Gasteiger partial charge in [0.05, 0.1) is 37.6 Å². The summed E-state index contributed by atoms with van der Waals surface area (Å²) in [7, 11) is 0. The van der Waals surface area contributed by atoms with Crippen LogP contribution in [0, 0.1) is 11.8 Å². The Labute approximate surface area is 164 Å². The molecule has 6 heterocycles. The first kappa shape index (κ1) is 17.8. The molecular weight excluding hydrogens is 356 g/mol. The van der Waals surface area contributed by atoms with Crippen molar-refractivity contribution in [3.63, 3.8) is 0 Å². The number of amides is 1. The zero-order chi connectivity index (χ0) is 18.9. The van der Waals surface area contributed by atoms with Gasteiger partial charge >= 0.3 is 0 Å². The highest BCUT2D eigenvalue weighted by Crippen LogP contribution is 2.37. The summed E-state index contributed by atoms with van der Waals surface area (Å²) in [6, 6.07) is 6.22. The number of carbonyl (C=O) groups is 1. The van der Waals surface area contributed by atoms with E-state index in [4.69, 9.17) is 4.74 Å². The predicted molar refractivity (Wildman–Crippen MR) is 102 cm³/mol. The number of morpholine rings is 1. The van der Waals surface area contributed by atoms with E-state index in [0.717, 1.165) is 57.0 Å². The standard InChI is InChI=1S/C20H26N6O2/c27-20(24-7-9-28-10-8-24)17-13-25-6-4-15(17)11-16(25)12-26-14-19(22-23-26)18-3-1-2-5-21-18/h1-3,5,14-17H,4,6-13H2. The Kier molecular flexibility index (Phi) is 4.82. The summed E-state index contributed by atoms with van der Waals surface area (Å²) in [4.78, 5) is 21.8. The lowest BCUT2D eigenvalue weighted by atomic mass is 9.75. The van der Waals surface area contributed by atoms with Crippen molar-refractivity contribution in [1.29, 1.82) is 0 Å². The molecule has 1 amide bonds. The van der Waals surface area contributed by atoms with Gasteiger partial charge in [-0.2, -0.15) is 0 Å². The number of carbonyl (C=O) groups excluding carboxylic acids is 1. The molecule has 8 nitrogen and oxygen atoms in total. The van der Waals surface area contributed by atoms with Gasteiger partial charge in [-0.05, 0) is 37.4 Å². The molecule has 0 radical (unpaired) electrons. The second-order valence-electron chi connectivity index (χ2n) is 8.02. The van der Waals surface area contributed by atoms with Crippen molar-refractivity contribution in [2.24, 2.45) is 11.8 Å². The normalized spacial score (nSPS) is 29.8. The molecule has 0 saturated carbocycles. The molecular formula is C20H26N6O2. The van der Waals surface area contributed by atoms with Crippen molar-refractivity contribution in [1.82, 2.24) is 29.8 Å². The number of pyridine rings is 1. The highest BCUT2D eigenvalue weighted by atomic mass is 16.5. The molecule has 4 unspecified atom stereocenters. The third-order valence-corrected chi connectivity index (χ3v) is 6.38. The Morgan fingerprint density at radius 2 is 2.07 bits per heavy atom. The molecule has 28 heavy (non-hydrogen) atoms. The molecule has 0 aliphatic carbocycles. The van der Waals surface area contributed by atoms with E-state index in [-0.39, 0.29) is 5.92 Å². The molecule has 6 rings (SSSR count). The molecule has 0 spiro atoms. The summed E-state index contributed by atoms with van der Waals surface area (Å²) >= 11 is 0. The van der Waals surface area contributed by atoms with Crippen LogP contribution in [0.2, 0.25) is 0 Å². The van der Waals surface area contributed by atoms with Gasteiger partial charge in [-0.25, -0.2) is 0 Å². The topological polar surface area (TPSA) is 76.4 Å². The fourth-order valence-electron chi connectivity index (χ4n) is 4.86. The van der Waals surface area contributed by atoms with Crippen LogP contribution < -0.4 is 0 Å². The molecule has 148 valence electrons. The second kappa shape index (κ2) is 7.60. The van der Waals surface area contributed by atoms with Gasteiger partial charge in [0.25, 0.3) is 0 Å². The first-order valence-electron chi connectivity index (χ1n) is 10.2. The fraction of sp³-hybridized carbons (Fsp3) is 0.600. The molecule has 4 saturated heterocycles. The minimum Gasteiger partial charge on any atom is -0.378 e. The van der Waals surface area contributed by atoms with Gasteiger partial charge in [-0.15, -0.1) is 5.10 Å². The molecule has 4 aliphatic rings. The highest BCUT2D eigenvalue weighted by Gasteiger charge is 2.44. The monoisotopic (exact) mass is 382 g/mol. The fourth-order valence-corrected chi connectivity index (χ4v) is 4.86. The first-order valence-corrected chi connectivity index (χ1v) is 10.2. The van der Waals surface area contributed by atoms with Crippen LogP contribution in [0.15, 0.2) is 30.6 Å². The molecule has 4 fully saturated rings. The maximum atomic E-state index is 13.0. The van der Waals surface area contributed by atoms with Gasteiger partial charge in [0.1, 0.15) is 5.69 Å². The van der Waals surface area contributed by atoms with Crippen LogP contribution in [-0.4, -0.2) is 81.1 Å². The van der Waals surface area contributed by atoms with Crippen LogP contribution in [0.1, 0.15) is 12.8 Å². The highest BCUT2D eigenvalue weighted by molar-refractivity contribution is 5.79. The summed E-state index contributed by atoms with van der Waals surface area (Å²) in [6.45, 7) is 5.56.